The molecule has 1 heterocycles. The van der Waals surface area contributed by atoms with E-state index in [9.17, 15) is 9.90 Å². The topological polar surface area (TPSA) is 133 Å². The molecule has 5 atom stereocenters. The number of nitrogens with two attached hydrogens (primary N) is 2. The van der Waals surface area contributed by atoms with Gasteiger partial charge in [0.05, 0.1) is 5.92 Å². The van der Waals surface area contributed by atoms with Gasteiger partial charge in [-0.15, -0.1) is 0 Å². The summed E-state index contributed by atoms with van der Waals surface area (Å²) < 4.78 is 0. The van der Waals surface area contributed by atoms with E-state index in [0.717, 1.165) is 19.3 Å². The lowest BCUT2D eigenvalue weighted by atomic mass is 9.80. The van der Waals surface area contributed by atoms with Gasteiger partial charge < -0.3 is 26.6 Å². The first kappa shape index (κ1) is 17.7. The Hall–Kier alpha value is -0.665. The predicted octanol–water partition coefficient (Wildman–Crippen LogP) is -0.921. The third-order valence-electron chi connectivity index (χ3n) is 5.27. The van der Waals surface area contributed by atoms with E-state index < -0.39 is 19.0 Å². The van der Waals surface area contributed by atoms with Crippen LogP contribution in [0.4, 0.5) is 0 Å². The van der Waals surface area contributed by atoms with Gasteiger partial charge in [-0.1, -0.05) is 12.8 Å². The average molecular weight is 313 g/mol. The molecule has 8 heteroatoms. The minimum absolute atomic E-state index is 0.00869. The van der Waals surface area contributed by atoms with Crippen molar-refractivity contribution >= 4 is 13.1 Å². The van der Waals surface area contributed by atoms with Crippen molar-refractivity contribution in [3.8, 4) is 0 Å². The van der Waals surface area contributed by atoms with Crippen LogP contribution in [-0.4, -0.2) is 64.4 Å². The standard InChI is InChI=1S/C14H28BN3O4/c16-11-4-1-5-12(13(11)17)18-7-9(3-2-6-15(21)22)10(8-18)14(19)20/h9-13,21-22H,1-8,16-17H2,(H,19,20)/t9?,10?,11-,12?,13?/m1/s1. The first-order chi connectivity index (χ1) is 10.4. The van der Waals surface area contributed by atoms with Crippen LogP contribution in [0, 0.1) is 11.8 Å². The third kappa shape index (κ3) is 4.20. The highest BCUT2D eigenvalue weighted by atomic mass is 16.4. The van der Waals surface area contributed by atoms with Gasteiger partial charge in [0.25, 0.3) is 0 Å². The number of carboxylic acid groups (broad SMARTS) is 1. The Kier molecular flexibility index (Phi) is 6.22. The molecule has 1 aliphatic carbocycles. The summed E-state index contributed by atoms with van der Waals surface area (Å²) in [6.07, 6.45) is 4.55. The quantitative estimate of drug-likeness (QED) is 0.400. The van der Waals surface area contributed by atoms with Crippen LogP contribution in [0.3, 0.4) is 0 Å². The van der Waals surface area contributed by atoms with Gasteiger partial charge in [-0.2, -0.15) is 0 Å². The number of hydrogen-bond donors (Lipinski definition) is 5. The zero-order valence-corrected chi connectivity index (χ0v) is 13.0. The molecule has 7 nitrogen and oxygen atoms in total. The number of carboxylic acids is 1. The van der Waals surface area contributed by atoms with Gasteiger partial charge in [-0.25, -0.2) is 0 Å². The second kappa shape index (κ2) is 7.74. The third-order valence-corrected chi connectivity index (χ3v) is 5.27. The molecule has 0 spiro atoms. The van der Waals surface area contributed by atoms with E-state index in [-0.39, 0.29) is 30.4 Å². The van der Waals surface area contributed by atoms with Gasteiger partial charge in [-0.05, 0) is 31.5 Å². The molecule has 2 fully saturated rings. The summed E-state index contributed by atoms with van der Waals surface area (Å²) >= 11 is 0. The highest BCUT2D eigenvalue weighted by Gasteiger charge is 2.42. The Balaban J connectivity index is 1.95. The van der Waals surface area contributed by atoms with Crippen molar-refractivity contribution < 1.29 is 19.9 Å². The Morgan fingerprint density at radius 3 is 2.59 bits per heavy atom. The highest BCUT2D eigenvalue weighted by Crippen LogP contribution is 2.33. The molecule has 0 aromatic rings. The van der Waals surface area contributed by atoms with Gasteiger partial charge in [0.15, 0.2) is 0 Å². The lowest BCUT2D eigenvalue weighted by molar-refractivity contribution is -0.142. The molecular weight excluding hydrogens is 285 g/mol. The first-order valence-corrected chi connectivity index (χ1v) is 8.24. The number of aliphatic carboxylic acids is 1. The van der Waals surface area contributed by atoms with Crippen LogP contribution in [0.25, 0.3) is 0 Å². The summed E-state index contributed by atoms with van der Waals surface area (Å²) in [5, 5.41) is 27.3. The molecule has 0 aromatic carbocycles. The molecule has 4 unspecified atom stereocenters. The van der Waals surface area contributed by atoms with E-state index >= 15 is 0 Å². The van der Waals surface area contributed by atoms with Crippen molar-refractivity contribution in [2.75, 3.05) is 13.1 Å². The molecule has 1 aliphatic heterocycles. The smallest absolute Gasteiger partial charge is 0.451 e. The monoisotopic (exact) mass is 313 g/mol. The van der Waals surface area contributed by atoms with E-state index in [0.29, 0.717) is 25.9 Å². The van der Waals surface area contributed by atoms with Gasteiger partial charge in [0, 0.05) is 31.2 Å². The maximum atomic E-state index is 11.5. The molecule has 0 radical (unpaired) electrons. The predicted molar refractivity (Wildman–Crippen MR) is 84.0 cm³/mol. The molecule has 0 amide bonds. The van der Waals surface area contributed by atoms with Crippen molar-refractivity contribution in [3.63, 3.8) is 0 Å². The van der Waals surface area contributed by atoms with Crippen LogP contribution in [0.15, 0.2) is 0 Å². The van der Waals surface area contributed by atoms with E-state index in [1.54, 1.807) is 0 Å². The number of likely N-dealkylation sites (tertiary alicyclic amines) is 1. The first-order valence-electron chi connectivity index (χ1n) is 8.24. The van der Waals surface area contributed by atoms with Crippen LogP contribution in [0.5, 0.6) is 0 Å². The van der Waals surface area contributed by atoms with Crippen molar-refractivity contribution in [1.29, 1.82) is 0 Å². The van der Waals surface area contributed by atoms with Crippen LogP contribution < -0.4 is 11.5 Å². The largest absolute Gasteiger partial charge is 0.481 e. The minimum atomic E-state index is -1.31. The molecule has 0 aromatic heterocycles. The Bertz CT molecular complexity index is 385. The molecular formula is C14H28BN3O4. The molecule has 1 saturated carbocycles. The van der Waals surface area contributed by atoms with Crippen LogP contribution in [0.2, 0.25) is 6.32 Å². The fraction of sp³-hybridized carbons (Fsp3) is 0.929. The number of carbonyl (C=O) groups is 1. The normalized spacial score (nSPS) is 36.5. The van der Waals surface area contributed by atoms with E-state index in [4.69, 9.17) is 21.5 Å². The van der Waals surface area contributed by atoms with E-state index in [2.05, 4.69) is 4.90 Å². The maximum Gasteiger partial charge on any atom is 0.451 e. The molecule has 2 aliphatic rings. The zero-order chi connectivity index (χ0) is 16.3. The van der Waals surface area contributed by atoms with Crippen molar-refractivity contribution in [2.24, 2.45) is 23.3 Å². The summed E-state index contributed by atoms with van der Waals surface area (Å²) in [6, 6.07) is 0.0610. The second-order valence-electron chi connectivity index (χ2n) is 6.81. The lowest BCUT2D eigenvalue weighted by Crippen LogP contribution is -2.58. The van der Waals surface area contributed by atoms with Crippen molar-refractivity contribution in [1.82, 2.24) is 4.90 Å². The summed E-state index contributed by atoms with van der Waals surface area (Å²) in [4.78, 5) is 13.7. The summed E-state index contributed by atoms with van der Waals surface area (Å²) in [5.41, 5.74) is 12.3. The van der Waals surface area contributed by atoms with Crippen LogP contribution in [-0.2, 0) is 4.79 Å². The van der Waals surface area contributed by atoms with Gasteiger partial charge in [0.2, 0.25) is 0 Å². The molecule has 1 saturated heterocycles. The number of nitrogens with zero attached hydrogens (tertiary/aromatic N) is 1. The number of rotatable bonds is 6. The molecule has 0 bridgehead atoms. The van der Waals surface area contributed by atoms with Crippen molar-refractivity contribution in [2.45, 2.75) is 56.5 Å². The zero-order valence-electron chi connectivity index (χ0n) is 13.0. The van der Waals surface area contributed by atoms with Gasteiger partial charge >= 0.3 is 13.1 Å². The molecule has 126 valence electrons. The van der Waals surface area contributed by atoms with Crippen LogP contribution >= 0.6 is 0 Å². The highest BCUT2D eigenvalue weighted by molar-refractivity contribution is 6.40. The van der Waals surface area contributed by atoms with E-state index in [1.807, 2.05) is 0 Å². The maximum absolute atomic E-state index is 11.5. The molecule has 2 rings (SSSR count). The van der Waals surface area contributed by atoms with E-state index in [1.165, 1.54) is 0 Å². The van der Waals surface area contributed by atoms with Crippen LogP contribution in [0.1, 0.15) is 32.1 Å². The minimum Gasteiger partial charge on any atom is -0.481 e. The Labute approximate surface area is 131 Å². The van der Waals surface area contributed by atoms with Gasteiger partial charge in [-0.3, -0.25) is 9.69 Å². The molecule has 22 heavy (non-hydrogen) atoms. The second-order valence-corrected chi connectivity index (χ2v) is 6.81. The van der Waals surface area contributed by atoms with Gasteiger partial charge in [0.1, 0.15) is 0 Å². The number of hydrogen-bond acceptors (Lipinski definition) is 6. The summed E-state index contributed by atoms with van der Waals surface area (Å²) in [6.45, 7) is 1.23. The molecule has 7 N–H and O–H groups in total. The summed E-state index contributed by atoms with van der Waals surface area (Å²) in [5.74, 6) is -1.13. The fourth-order valence-electron chi connectivity index (χ4n) is 3.97. The average Bonchev–Trinajstić information content (AvgIpc) is 2.85. The Morgan fingerprint density at radius 2 is 1.95 bits per heavy atom. The fourth-order valence-corrected chi connectivity index (χ4v) is 3.97. The Morgan fingerprint density at radius 1 is 1.23 bits per heavy atom. The SMILES string of the molecule is NC1C(N2CC(CCCB(O)O)C(C(=O)O)C2)CCC[C@H]1N. The van der Waals surface area contributed by atoms with Crippen molar-refractivity contribution in [3.05, 3.63) is 0 Å². The lowest BCUT2D eigenvalue weighted by Gasteiger charge is -2.39. The summed E-state index contributed by atoms with van der Waals surface area (Å²) in [7, 11) is -1.31.